The number of halogens is 1. The van der Waals surface area contributed by atoms with Crippen LogP contribution in [-0.2, 0) is 11.3 Å². The van der Waals surface area contributed by atoms with Crippen molar-refractivity contribution in [3.8, 4) is 0 Å². The molecule has 2 aromatic rings. The first-order chi connectivity index (χ1) is 14.5. The summed E-state index contributed by atoms with van der Waals surface area (Å²) in [5.41, 5.74) is 2.37. The summed E-state index contributed by atoms with van der Waals surface area (Å²) in [6, 6.07) is 14.4. The highest BCUT2D eigenvalue weighted by Crippen LogP contribution is 2.19. The number of esters is 1. The van der Waals surface area contributed by atoms with Crippen LogP contribution in [0.25, 0.3) is 0 Å². The summed E-state index contributed by atoms with van der Waals surface area (Å²) in [5.74, 6) is 0.110. The van der Waals surface area contributed by atoms with E-state index in [1.165, 1.54) is 5.56 Å². The second-order valence-electron chi connectivity index (χ2n) is 7.48. The summed E-state index contributed by atoms with van der Waals surface area (Å²) in [6.45, 7) is 5.72. The normalized spacial score (nSPS) is 14.9. The average molecular weight is 430 g/mol. The summed E-state index contributed by atoms with van der Waals surface area (Å²) in [5, 5.41) is 6.52. The lowest BCUT2D eigenvalue weighted by Crippen LogP contribution is -2.39. The molecule has 0 unspecified atom stereocenters. The molecule has 0 radical (unpaired) electrons. The zero-order valence-corrected chi connectivity index (χ0v) is 18.0. The zero-order chi connectivity index (χ0) is 21.3. The molecule has 1 aliphatic heterocycles. The first-order valence-corrected chi connectivity index (χ1v) is 10.7. The Labute approximate surface area is 182 Å². The highest BCUT2D eigenvalue weighted by atomic mass is 35.5. The Balaban J connectivity index is 1.36. The molecule has 160 valence electrons. The Kier molecular flexibility index (Phi) is 8.11. The maximum atomic E-state index is 12.2. The standard InChI is InChI=1S/C23H28ClN3O3/c1-2-30-22(28)19-5-9-21(10-6-19)26-23(29)25-15-17-11-13-27(14-12-17)16-18-3-7-20(24)8-4-18/h3-10,17H,2,11-16H2,1H3,(H2,25,26,29). The van der Waals surface area contributed by atoms with Crippen LogP contribution in [0, 0.1) is 5.92 Å². The molecular formula is C23H28ClN3O3. The van der Waals surface area contributed by atoms with Crippen molar-refractivity contribution in [2.45, 2.75) is 26.3 Å². The largest absolute Gasteiger partial charge is 0.462 e. The predicted molar refractivity (Wildman–Crippen MR) is 119 cm³/mol. The van der Waals surface area contributed by atoms with E-state index in [0.717, 1.165) is 37.5 Å². The van der Waals surface area contributed by atoms with Crippen LogP contribution >= 0.6 is 11.6 Å². The lowest BCUT2D eigenvalue weighted by Gasteiger charge is -2.32. The second-order valence-corrected chi connectivity index (χ2v) is 7.92. The number of nitrogens with zero attached hydrogens (tertiary/aromatic N) is 1. The van der Waals surface area contributed by atoms with Gasteiger partial charge in [-0.25, -0.2) is 9.59 Å². The number of hydrogen-bond acceptors (Lipinski definition) is 4. The van der Waals surface area contributed by atoms with Gasteiger partial charge < -0.3 is 15.4 Å². The SMILES string of the molecule is CCOC(=O)c1ccc(NC(=O)NCC2CCN(Cc3ccc(Cl)cc3)CC2)cc1. The van der Waals surface area contributed by atoms with Gasteiger partial charge in [0, 0.05) is 23.8 Å². The van der Waals surface area contributed by atoms with Crippen LogP contribution in [0.4, 0.5) is 10.5 Å². The second kappa shape index (κ2) is 11.0. The predicted octanol–water partition coefficient (Wildman–Crippen LogP) is 4.55. The lowest BCUT2D eigenvalue weighted by molar-refractivity contribution is 0.0526. The van der Waals surface area contributed by atoms with Crippen molar-refractivity contribution in [3.05, 3.63) is 64.7 Å². The maximum Gasteiger partial charge on any atom is 0.338 e. The Morgan fingerprint density at radius 3 is 2.37 bits per heavy atom. The molecule has 6 nitrogen and oxygen atoms in total. The quantitative estimate of drug-likeness (QED) is 0.633. The molecule has 3 rings (SSSR count). The molecule has 0 bridgehead atoms. The number of urea groups is 1. The molecule has 1 fully saturated rings. The third-order valence-electron chi connectivity index (χ3n) is 5.23. The average Bonchev–Trinajstić information content (AvgIpc) is 2.75. The molecule has 2 amide bonds. The fraction of sp³-hybridized carbons (Fsp3) is 0.391. The van der Waals surface area contributed by atoms with Crippen molar-refractivity contribution in [2.75, 3.05) is 31.6 Å². The molecule has 2 aromatic carbocycles. The number of carbonyl (C=O) groups excluding carboxylic acids is 2. The summed E-state index contributed by atoms with van der Waals surface area (Å²) in [6.07, 6.45) is 2.12. The van der Waals surface area contributed by atoms with Crippen LogP contribution in [0.3, 0.4) is 0 Å². The number of likely N-dealkylation sites (tertiary alicyclic amines) is 1. The van der Waals surface area contributed by atoms with Gasteiger partial charge in [-0.05, 0) is 80.7 Å². The number of amides is 2. The minimum Gasteiger partial charge on any atom is -0.462 e. The number of carbonyl (C=O) groups is 2. The van der Waals surface area contributed by atoms with E-state index in [1.54, 1.807) is 31.2 Å². The van der Waals surface area contributed by atoms with Crippen LogP contribution in [-0.4, -0.2) is 43.1 Å². The molecule has 0 spiro atoms. The van der Waals surface area contributed by atoms with Gasteiger partial charge in [0.1, 0.15) is 0 Å². The zero-order valence-electron chi connectivity index (χ0n) is 17.2. The van der Waals surface area contributed by atoms with Crippen LogP contribution in [0.1, 0.15) is 35.7 Å². The first-order valence-electron chi connectivity index (χ1n) is 10.3. The summed E-state index contributed by atoms with van der Waals surface area (Å²) < 4.78 is 4.95. The monoisotopic (exact) mass is 429 g/mol. The number of hydrogen-bond donors (Lipinski definition) is 2. The molecular weight excluding hydrogens is 402 g/mol. The minimum absolute atomic E-state index is 0.234. The Bertz CT molecular complexity index is 832. The van der Waals surface area contributed by atoms with Crippen molar-refractivity contribution in [2.24, 2.45) is 5.92 Å². The van der Waals surface area contributed by atoms with Gasteiger partial charge in [-0.2, -0.15) is 0 Å². The van der Waals surface area contributed by atoms with Gasteiger partial charge in [0.25, 0.3) is 0 Å². The molecule has 7 heteroatoms. The molecule has 0 atom stereocenters. The molecule has 1 saturated heterocycles. The molecule has 30 heavy (non-hydrogen) atoms. The number of ether oxygens (including phenoxy) is 1. The number of rotatable bonds is 7. The highest BCUT2D eigenvalue weighted by Gasteiger charge is 2.20. The van der Waals surface area contributed by atoms with E-state index >= 15 is 0 Å². The van der Waals surface area contributed by atoms with Crippen LogP contribution < -0.4 is 10.6 Å². The number of anilines is 1. The Morgan fingerprint density at radius 1 is 1.07 bits per heavy atom. The molecule has 2 N–H and O–H groups in total. The molecule has 0 saturated carbocycles. The molecule has 0 aliphatic carbocycles. The van der Waals surface area contributed by atoms with E-state index in [9.17, 15) is 9.59 Å². The van der Waals surface area contributed by atoms with Crippen molar-refractivity contribution in [1.82, 2.24) is 10.2 Å². The third-order valence-corrected chi connectivity index (χ3v) is 5.48. The van der Waals surface area contributed by atoms with Gasteiger partial charge in [-0.15, -0.1) is 0 Å². The molecule has 0 aromatic heterocycles. The summed E-state index contributed by atoms with van der Waals surface area (Å²) in [7, 11) is 0. The van der Waals surface area contributed by atoms with E-state index in [1.807, 2.05) is 12.1 Å². The van der Waals surface area contributed by atoms with E-state index in [0.29, 0.717) is 30.3 Å². The van der Waals surface area contributed by atoms with Crippen molar-refractivity contribution in [1.29, 1.82) is 0 Å². The van der Waals surface area contributed by atoms with Crippen molar-refractivity contribution < 1.29 is 14.3 Å². The number of benzene rings is 2. The van der Waals surface area contributed by atoms with E-state index in [2.05, 4.69) is 27.7 Å². The van der Waals surface area contributed by atoms with Crippen LogP contribution in [0.5, 0.6) is 0 Å². The Morgan fingerprint density at radius 2 is 1.73 bits per heavy atom. The van der Waals surface area contributed by atoms with Gasteiger partial charge in [0.2, 0.25) is 0 Å². The van der Waals surface area contributed by atoms with E-state index in [4.69, 9.17) is 16.3 Å². The van der Waals surface area contributed by atoms with Gasteiger partial charge in [-0.3, -0.25) is 4.90 Å². The lowest BCUT2D eigenvalue weighted by atomic mass is 9.96. The van der Waals surface area contributed by atoms with Gasteiger partial charge in [0.05, 0.1) is 12.2 Å². The van der Waals surface area contributed by atoms with Crippen LogP contribution in [0.2, 0.25) is 5.02 Å². The van der Waals surface area contributed by atoms with Crippen LogP contribution in [0.15, 0.2) is 48.5 Å². The fourth-order valence-corrected chi connectivity index (χ4v) is 3.64. The number of piperidine rings is 1. The van der Waals surface area contributed by atoms with E-state index < -0.39 is 0 Å². The summed E-state index contributed by atoms with van der Waals surface area (Å²) >= 11 is 5.94. The van der Waals surface area contributed by atoms with Gasteiger partial charge >= 0.3 is 12.0 Å². The van der Waals surface area contributed by atoms with Gasteiger partial charge in [-0.1, -0.05) is 23.7 Å². The highest BCUT2D eigenvalue weighted by molar-refractivity contribution is 6.30. The first kappa shape index (κ1) is 22.1. The summed E-state index contributed by atoms with van der Waals surface area (Å²) in [4.78, 5) is 26.3. The van der Waals surface area contributed by atoms with Crippen molar-refractivity contribution in [3.63, 3.8) is 0 Å². The minimum atomic E-state index is -0.365. The smallest absolute Gasteiger partial charge is 0.338 e. The van der Waals surface area contributed by atoms with Gasteiger partial charge in [0.15, 0.2) is 0 Å². The fourth-order valence-electron chi connectivity index (χ4n) is 3.51. The molecule has 1 aliphatic rings. The topological polar surface area (TPSA) is 70.7 Å². The third kappa shape index (κ3) is 6.75. The Hall–Kier alpha value is -2.57. The molecule has 1 heterocycles. The maximum absolute atomic E-state index is 12.2. The van der Waals surface area contributed by atoms with E-state index in [-0.39, 0.29) is 12.0 Å². The number of nitrogens with one attached hydrogen (secondary N) is 2. The van der Waals surface area contributed by atoms with Crippen molar-refractivity contribution >= 4 is 29.3 Å².